The molecule has 1 saturated heterocycles. The Morgan fingerprint density at radius 1 is 1.29 bits per heavy atom. The molecule has 0 aromatic heterocycles. The lowest BCUT2D eigenvalue weighted by Crippen LogP contribution is -2.42. The molecule has 1 aliphatic heterocycles. The van der Waals surface area contributed by atoms with Crippen LogP contribution in [0.3, 0.4) is 0 Å². The number of benzene rings is 1. The predicted octanol–water partition coefficient (Wildman–Crippen LogP) is 2.25. The zero-order valence-electron chi connectivity index (χ0n) is 13.4. The van der Waals surface area contributed by atoms with Crippen molar-refractivity contribution < 1.29 is 4.79 Å². The molecule has 1 aliphatic rings. The van der Waals surface area contributed by atoms with Gasteiger partial charge in [-0.2, -0.15) is 0 Å². The van der Waals surface area contributed by atoms with E-state index in [0.29, 0.717) is 5.92 Å². The smallest absolute Gasteiger partial charge is 0.241 e. The second-order valence-corrected chi connectivity index (χ2v) is 6.23. The highest BCUT2D eigenvalue weighted by atomic mass is 16.2. The van der Waals surface area contributed by atoms with Crippen molar-refractivity contribution in [2.45, 2.75) is 32.7 Å². The number of hydrogen-bond donors (Lipinski definition) is 2. The molecule has 0 bridgehead atoms. The Balaban J connectivity index is 1.73. The second-order valence-electron chi connectivity index (χ2n) is 6.23. The van der Waals surface area contributed by atoms with Crippen LogP contribution >= 0.6 is 0 Å². The van der Waals surface area contributed by atoms with Crippen LogP contribution in [0.5, 0.6) is 0 Å². The van der Waals surface area contributed by atoms with Crippen LogP contribution in [0.1, 0.15) is 25.3 Å². The number of hydrogen-bond acceptors (Lipinski definition) is 3. The van der Waals surface area contributed by atoms with Gasteiger partial charge in [0.1, 0.15) is 0 Å². The third-order valence-electron chi connectivity index (χ3n) is 4.26. The van der Waals surface area contributed by atoms with Gasteiger partial charge in [-0.25, -0.2) is 0 Å². The Hall–Kier alpha value is -1.39. The molecule has 1 atom stereocenters. The Morgan fingerprint density at radius 3 is 2.52 bits per heavy atom. The fourth-order valence-corrected chi connectivity index (χ4v) is 2.59. The van der Waals surface area contributed by atoms with Gasteiger partial charge >= 0.3 is 0 Å². The van der Waals surface area contributed by atoms with Crippen LogP contribution in [0.25, 0.3) is 0 Å². The van der Waals surface area contributed by atoms with E-state index in [4.69, 9.17) is 0 Å². The van der Waals surface area contributed by atoms with E-state index in [1.54, 1.807) is 0 Å². The first-order valence-corrected chi connectivity index (χ1v) is 7.84. The lowest BCUT2D eigenvalue weighted by Gasteiger charge is -2.29. The average molecular weight is 289 g/mol. The molecule has 21 heavy (non-hydrogen) atoms. The maximum absolute atomic E-state index is 12.1. The van der Waals surface area contributed by atoms with Crippen molar-refractivity contribution in [3.63, 3.8) is 0 Å². The minimum absolute atomic E-state index is 0.0341. The van der Waals surface area contributed by atoms with Gasteiger partial charge in [-0.3, -0.25) is 4.79 Å². The first-order valence-electron chi connectivity index (χ1n) is 7.84. The predicted molar refractivity (Wildman–Crippen MR) is 87.5 cm³/mol. The Bertz CT molecular complexity index is 450. The van der Waals surface area contributed by atoms with Crippen LogP contribution in [0.15, 0.2) is 24.3 Å². The van der Waals surface area contributed by atoms with Crippen molar-refractivity contribution in [1.29, 1.82) is 0 Å². The topological polar surface area (TPSA) is 44.4 Å². The number of carbonyl (C=O) groups is 1. The summed E-state index contributed by atoms with van der Waals surface area (Å²) in [4.78, 5) is 14.5. The molecule has 2 N–H and O–H groups in total. The molecular weight excluding hydrogens is 262 g/mol. The highest BCUT2D eigenvalue weighted by molar-refractivity contribution is 5.94. The third kappa shape index (κ3) is 5.14. The molecule has 1 unspecified atom stereocenters. The second kappa shape index (κ2) is 7.57. The molecule has 4 nitrogen and oxygen atoms in total. The van der Waals surface area contributed by atoms with Crippen molar-refractivity contribution in [2.24, 2.45) is 5.92 Å². The van der Waals surface area contributed by atoms with E-state index in [0.717, 1.165) is 25.3 Å². The van der Waals surface area contributed by atoms with E-state index in [1.165, 1.54) is 18.4 Å². The van der Waals surface area contributed by atoms with Crippen molar-refractivity contribution in [1.82, 2.24) is 10.2 Å². The maximum atomic E-state index is 12.1. The number of rotatable bonds is 5. The van der Waals surface area contributed by atoms with Gasteiger partial charge in [-0.15, -0.1) is 0 Å². The molecule has 116 valence electrons. The van der Waals surface area contributed by atoms with E-state index >= 15 is 0 Å². The number of amides is 1. The first-order chi connectivity index (χ1) is 10.0. The number of nitrogens with zero attached hydrogens (tertiary/aromatic N) is 1. The Kier molecular flexibility index (Phi) is 5.76. The van der Waals surface area contributed by atoms with Crippen molar-refractivity contribution >= 4 is 11.6 Å². The Labute approximate surface area is 127 Å². The van der Waals surface area contributed by atoms with Gasteiger partial charge in [0.25, 0.3) is 0 Å². The largest absolute Gasteiger partial charge is 0.325 e. The van der Waals surface area contributed by atoms with Crippen molar-refractivity contribution in [3.05, 3.63) is 29.8 Å². The molecule has 1 fully saturated rings. The summed E-state index contributed by atoms with van der Waals surface area (Å²) in [7, 11) is 2.17. The van der Waals surface area contributed by atoms with Gasteiger partial charge in [-0.05, 0) is 71.4 Å². The third-order valence-corrected chi connectivity index (χ3v) is 4.26. The molecule has 4 heteroatoms. The molecule has 0 spiro atoms. The molecule has 1 heterocycles. The minimum atomic E-state index is -0.161. The van der Waals surface area contributed by atoms with Gasteiger partial charge in [0.05, 0.1) is 6.04 Å². The summed E-state index contributed by atoms with van der Waals surface area (Å²) in [6.07, 6.45) is 2.44. The quantitative estimate of drug-likeness (QED) is 0.874. The number of carbonyl (C=O) groups excluding carboxylic acids is 1. The molecule has 0 aliphatic carbocycles. The van der Waals surface area contributed by atoms with Crippen LogP contribution in [0, 0.1) is 12.8 Å². The van der Waals surface area contributed by atoms with Gasteiger partial charge < -0.3 is 15.5 Å². The number of aryl methyl sites for hydroxylation is 1. The van der Waals surface area contributed by atoms with Gasteiger partial charge in [0, 0.05) is 5.69 Å². The highest BCUT2D eigenvalue weighted by Gasteiger charge is 2.19. The van der Waals surface area contributed by atoms with E-state index in [1.807, 2.05) is 38.1 Å². The summed E-state index contributed by atoms with van der Waals surface area (Å²) in [5.74, 6) is 0.725. The van der Waals surface area contributed by atoms with Gasteiger partial charge in [-0.1, -0.05) is 17.7 Å². The van der Waals surface area contributed by atoms with Crippen molar-refractivity contribution in [3.8, 4) is 0 Å². The average Bonchev–Trinajstić information content (AvgIpc) is 2.48. The van der Waals surface area contributed by atoms with Crippen LogP contribution in [-0.2, 0) is 4.79 Å². The normalized spacial score (nSPS) is 18.4. The Morgan fingerprint density at radius 2 is 1.90 bits per heavy atom. The SMILES string of the molecule is Cc1ccc(NC(=O)C(C)NCC2CCN(C)CC2)cc1. The lowest BCUT2D eigenvalue weighted by atomic mass is 9.97. The van der Waals surface area contributed by atoms with E-state index in [2.05, 4.69) is 22.6 Å². The van der Waals surface area contributed by atoms with Crippen LogP contribution < -0.4 is 10.6 Å². The fourth-order valence-electron chi connectivity index (χ4n) is 2.59. The number of nitrogens with one attached hydrogen (secondary N) is 2. The van der Waals surface area contributed by atoms with E-state index in [9.17, 15) is 4.79 Å². The molecule has 1 amide bonds. The van der Waals surface area contributed by atoms with E-state index < -0.39 is 0 Å². The van der Waals surface area contributed by atoms with E-state index in [-0.39, 0.29) is 11.9 Å². The number of anilines is 1. The maximum Gasteiger partial charge on any atom is 0.241 e. The first kappa shape index (κ1) is 16.0. The molecule has 2 rings (SSSR count). The van der Waals surface area contributed by atoms with Crippen LogP contribution in [0.2, 0.25) is 0 Å². The van der Waals surface area contributed by atoms with Crippen LogP contribution in [-0.4, -0.2) is 43.5 Å². The standard InChI is InChI=1S/C17H27N3O/c1-13-4-6-16(7-5-13)19-17(21)14(2)18-12-15-8-10-20(3)11-9-15/h4-7,14-15,18H,8-12H2,1-3H3,(H,19,21). The minimum Gasteiger partial charge on any atom is -0.325 e. The summed E-state index contributed by atoms with van der Waals surface area (Å²) < 4.78 is 0. The fraction of sp³-hybridized carbons (Fsp3) is 0.588. The summed E-state index contributed by atoms with van der Waals surface area (Å²) in [5.41, 5.74) is 2.06. The lowest BCUT2D eigenvalue weighted by molar-refractivity contribution is -0.117. The summed E-state index contributed by atoms with van der Waals surface area (Å²) in [5, 5.41) is 6.32. The van der Waals surface area contributed by atoms with Crippen molar-refractivity contribution in [2.75, 3.05) is 32.0 Å². The number of likely N-dealkylation sites (tertiary alicyclic amines) is 1. The molecule has 0 radical (unpaired) electrons. The summed E-state index contributed by atoms with van der Waals surface area (Å²) in [6.45, 7) is 7.22. The zero-order valence-corrected chi connectivity index (χ0v) is 13.4. The van der Waals surface area contributed by atoms with Crippen LogP contribution in [0.4, 0.5) is 5.69 Å². The molecule has 1 aromatic rings. The van der Waals surface area contributed by atoms with Gasteiger partial charge in [0.15, 0.2) is 0 Å². The summed E-state index contributed by atoms with van der Waals surface area (Å²) >= 11 is 0. The summed E-state index contributed by atoms with van der Waals surface area (Å²) in [6, 6.07) is 7.73. The monoisotopic (exact) mass is 289 g/mol. The molecule has 0 saturated carbocycles. The molecule has 1 aromatic carbocycles. The zero-order chi connectivity index (χ0) is 15.2. The molecular formula is C17H27N3O. The number of piperidine rings is 1. The highest BCUT2D eigenvalue weighted by Crippen LogP contribution is 2.15. The van der Waals surface area contributed by atoms with Gasteiger partial charge in [0.2, 0.25) is 5.91 Å².